The predicted octanol–water partition coefficient (Wildman–Crippen LogP) is 2.72. The minimum atomic E-state index is -4.36. The Morgan fingerprint density at radius 3 is 2.43 bits per heavy atom. The lowest BCUT2D eigenvalue weighted by atomic mass is 10.0. The van der Waals surface area contributed by atoms with Crippen LogP contribution in [0.15, 0.2) is 30.5 Å². The molecule has 1 N–H and O–H groups in total. The van der Waals surface area contributed by atoms with Crippen LogP contribution in [-0.4, -0.2) is 22.0 Å². The largest absolute Gasteiger partial charge is 0.493 e. The van der Waals surface area contributed by atoms with E-state index in [2.05, 4.69) is 5.10 Å². The summed E-state index contributed by atoms with van der Waals surface area (Å²) in [5.74, 6) is 0.442. The maximum absolute atomic E-state index is 12.5. The van der Waals surface area contributed by atoms with Gasteiger partial charge in [-0.1, -0.05) is 12.1 Å². The molecule has 1 aromatic heterocycles. The summed E-state index contributed by atoms with van der Waals surface area (Å²) >= 11 is 0. The van der Waals surface area contributed by atoms with E-state index in [4.69, 9.17) is 4.74 Å². The lowest BCUT2D eigenvalue weighted by Gasteiger charge is -2.14. The van der Waals surface area contributed by atoms with Gasteiger partial charge in [-0.3, -0.25) is 4.68 Å². The summed E-state index contributed by atoms with van der Waals surface area (Å²) in [7, 11) is 3.12. The van der Waals surface area contributed by atoms with Gasteiger partial charge < -0.3 is 9.84 Å². The van der Waals surface area contributed by atoms with E-state index in [9.17, 15) is 18.3 Å². The normalized spacial score (nSPS) is 13.2. The molecule has 0 aliphatic rings. The molecule has 0 saturated heterocycles. The molecule has 4 nitrogen and oxygen atoms in total. The number of methoxy groups -OCH3 is 1. The highest BCUT2D eigenvalue weighted by Gasteiger charge is 2.30. The molecule has 2 aromatic rings. The van der Waals surface area contributed by atoms with Gasteiger partial charge in [-0.2, -0.15) is 18.3 Å². The number of aliphatic hydroxyl groups excluding tert-OH is 1. The van der Waals surface area contributed by atoms with E-state index in [0.29, 0.717) is 17.0 Å². The van der Waals surface area contributed by atoms with Gasteiger partial charge >= 0.3 is 6.18 Å². The van der Waals surface area contributed by atoms with Gasteiger partial charge in [0, 0.05) is 13.5 Å². The van der Waals surface area contributed by atoms with Crippen molar-refractivity contribution >= 4 is 0 Å². The molecule has 0 saturated carbocycles. The fraction of sp³-hybridized carbons (Fsp3) is 0.357. The molecule has 0 bridgehead atoms. The van der Waals surface area contributed by atoms with Crippen LogP contribution < -0.4 is 4.74 Å². The summed E-state index contributed by atoms with van der Waals surface area (Å²) in [4.78, 5) is 0. The van der Waals surface area contributed by atoms with Crippen LogP contribution in [0.5, 0.6) is 5.75 Å². The Morgan fingerprint density at radius 2 is 1.90 bits per heavy atom. The van der Waals surface area contributed by atoms with Crippen LogP contribution in [0.2, 0.25) is 0 Å². The lowest BCUT2D eigenvalue weighted by Crippen LogP contribution is -2.10. The molecular weight excluding hydrogens is 285 g/mol. The quantitative estimate of drug-likeness (QED) is 0.944. The third kappa shape index (κ3) is 3.36. The van der Waals surface area contributed by atoms with E-state index in [1.165, 1.54) is 30.1 Å². The Labute approximate surface area is 119 Å². The molecule has 0 spiro atoms. The number of halogens is 3. The van der Waals surface area contributed by atoms with Crippen LogP contribution in [-0.2, 0) is 19.6 Å². The molecule has 0 fully saturated rings. The molecule has 0 radical (unpaired) electrons. The molecule has 2 rings (SSSR count). The van der Waals surface area contributed by atoms with Crippen LogP contribution in [0.25, 0.3) is 0 Å². The van der Waals surface area contributed by atoms with Gasteiger partial charge in [-0.25, -0.2) is 0 Å². The van der Waals surface area contributed by atoms with E-state index in [1.807, 2.05) is 0 Å². The van der Waals surface area contributed by atoms with Gasteiger partial charge in [0.1, 0.15) is 11.8 Å². The molecule has 0 amide bonds. The Kier molecular flexibility index (Phi) is 4.22. The molecule has 114 valence electrons. The van der Waals surface area contributed by atoms with Crippen molar-refractivity contribution in [3.63, 3.8) is 0 Å². The Morgan fingerprint density at radius 1 is 1.29 bits per heavy atom. The zero-order chi connectivity index (χ0) is 15.6. The van der Waals surface area contributed by atoms with Crippen molar-refractivity contribution < 1.29 is 23.0 Å². The molecule has 1 unspecified atom stereocenters. The third-order valence-corrected chi connectivity index (χ3v) is 3.20. The first kappa shape index (κ1) is 15.4. The predicted molar refractivity (Wildman–Crippen MR) is 69.9 cm³/mol. The van der Waals surface area contributed by atoms with E-state index >= 15 is 0 Å². The maximum Gasteiger partial charge on any atom is 0.416 e. The topological polar surface area (TPSA) is 47.3 Å². The second-order valence-corrected chi connectivity index (χ2v) is 4.64. The van der Waals surface area contributed by atoms with Crippen LogP contribution in [0.3, 0.4) is 0 Å². The molecule has 21 heavy (non-hydrogen) atoms. The summed E-state index contributed by atoms with van der Waals surface area (Å²) in [5.41, 5.74) is 0.370. The Balaban J connectivity index is 2.16. The van der Waals surface area contributed by atoms with Gasteiger partial charge in [-0.05, 0) is 17.7 Å². The molecular formula is C14H15F3N2O2. The molecule has 7 heteroatoms. The summed E-state index contributed by atoms with van der Waals surface area (Å²) < 4.78 is 44.0. The smallest absolute Gasteiger partial charge is 0.416 e. The fourth-order valence-electron chi connectivity index (χ4n) is 2.11. The van der Waals surface area contributed by atoms with E-state index in [-0.39, 0.29) is 6.42 Å². The van der Waals surface area contributed by atoms with Crippen molar-refractivity contribution in [2.45, 2.75) is 18.7 Å². The Hall–Kier alpha value is -2.02. The summed E-state index contributed by atoms with van der Waals surface area (Å²) in [6, 6.07) is 4.72. The van der Waals surface area contributed by atoms with Crippen molar-refractivity contribution in [3.05, 3.63) is 47.3 Å². The van der Waals surface area contributed by atoms with Crippen molar-refractivity contribution in [3.8, 4) is 5.75 Å². The summed E-state index contributed by atoms with van der Waals surface area (Å²) in [6.07, 6.45) is -3.62. The van der Waals surface area contributed by atoms with E-state index in [1.54, 1.807) is 7.05 Å². The number of hydrogen-bond donors (Lipinski definition) is 1. The van der Waals surface area contributed by atoms with Gasteiger partial charge in [-0.15, -0.1) is 0 Å². The molecule has 0 aliphatic heterocycles. The van der Waals surface area contributed by atoms with Crippen LogP contribution >= 0.6 is 0 Å². The number of aryl methyl sites for hydroxylation is 1. The number of rotatable bonds is 4. The number of aliphatic hydroxyl groups is 1. The molecule has 1 heterocycles. The lowest BCUT2D eigenvalue weighted by molar-refractivity contribution is -0.137. The van der Waals surface area contributed by atoms with Gasteiger partial charge in [0.25, 0.3) is 0 Å². The third-order valence-electron chi connectivity index (χ3n) is 3.20. The summed E-state index contributed by atoms with van der Waals surface area (Å²) in [6.45, 7) is 0. The van der Waals surface area contributed by atoms with Crippen LogP contribution in [0.1, 0.15) is 22.9 Å². The standard InChI is InChI=1S/C14H15F3N2O2/c1-19-13(12(21-2)8-18-19)11(20)7-9-3-5-10(6-4-9)14(15,16)17/h3-6,8,11,20H,7H2,1-2H3. The Bertz CT molecular complexity index is 606. The molecule has 1 aromatic carbocycles. The molecule has 0 aliphatic carbocycles. The average Bonchev–Trinajstić information content (AvgIpc) is 2.79. The fourth-order valence-corrected chi connectivity index (χ4v) is 2.11. The number of ether oxygens (including phenoxy) is 1. The van der Waals surface area contributed by atoms with Gasteiger partial charge in [0.05, 0.1) is 18.9 Å². The zero-order valence-corrected chi connectivity index (χ0v) is 11.6. The number of nitrogens with zero attached hydrogens (tertiary/aromatic N) is 2. The first-order valence-corrected chi connectivity index (χ1v) is 6.23. The van der Waals surface area contributed by atoms with Crippen LogP contribution in [0.4, 0.5) is 13.2 Å². The number of aromatic nitrogens is 2. The van der Waals surface area contributed by atoms with Gasteiger partial charge in [0.2, 0.25) is 0 Å². The van der Waals surface area contributed by atoms with Crippen molar-refractivity contribution in [2.24, 2.45) is 7.05 Å². The second-order valence-electron chi connectivity index (χ2n) is 4.64. The highest BCUT2D eigenvalue weighted by Crippen LogP contribution is 2.30. The zero-order valence-electron chi connectivity index (χ0n) is 11.6. The molecule has 1 atom stereocenters. The minimum Gasteiger partial charge on any atom is -0.493 e. The highest BCUT2D eigenvalue weighted by molar-refractivity contribution is 5.30. The van der Waals surface area contributed by atoms with Crippen molar-refractivity contribution in [2.75, 3.05) is 7.11 Å². The van der Waals surface area contributed by atoms with Crippen LogP contribution in [0, 0.1) is 0 Å². The monoisotopic (exact) mass is 300 g/mol. The van der Waals surface area contributed by atoms with Crippen molar-refractivity contribution in [1.82, 2.24) is 9.78 Å². The van der Waals surface area contributed by atoms with Gasteiger partial charge in [0.15, 0.2) is 5.75 Å². The minimum absolute atomic E-state index is 0.175. The average molecular weight is 300 g/mol. The highest BCUT2D eigenvalue weighted by atomic mass is 19.4. The maximum atomic E-state index is 12.5. The number of hydrogen-bond acceptors (Lipinski definition) is 3. The second kappa shape index (κ2) is 5.77. The van der Waals surface area contributed by atoms with Crippen molar-refractivity contribution in [1.29, 1.82) is 0 Å². The SMILES string of the molecule is COc1cnn(C)c1C(O)Cc1ccc(C(F)(F)F)cc1. The summed E-state index contributed by atoms with van der Waals surface area (Å²) in [5, 5.41) is 14.2. The number of benzene rings is 1. The first-order chi connectivity index (χ1) is 9.82. The first-order valence-electron chi connectivity index (χ1n) is 6.23. The number of alkyl halides is 3. The van der Waals surface area contributed by atoms with E-state index in [0.717, 1.165) is 12.1 Å². The van der Waals surface area contributed by atoms with E-state index < -0.39 is 17.8 Å².